The SMILES string of the molecule is O=C1OC2(c3ccc(O)cc3Oc3cc(O)ccc32)c2cccc(Cc3ccccc3[N+](=O)[O-])c21.[Na]. The molecule has 9 heteroatoms. The minimum atomic E-state index is -1.38. The molecule has 0 bridgehead atoms. The first-order chi connectivity index (χ1) is 16.9. The summed E-state index contributed by atoms with van der Waals surface area (Å²) in [5.41, 5.74) is 1.57. The molecule has 1 radical (unpaired) electrons. The minimum Gasteiger partial charge on any atom is -0.508 e. The minimum absolute atomic E-state index is 0. The number of phenolic OH excluding ortho intramolecular Hbond substituents is 2. The molecular weight excluding hydrogens is 473 g/mol. The van der Waals surface area contributed by atoms with Gasteiger partial charge in [0.05, 0.1) is 10.5 Å². The molecule has 0 saturated carbocycles. The van der Waals surface area contributed by atoms with E-state index in [9.17, 15) is 25.1 Å². The monoisotopic (exact) mass is 490 g/mol. The number of nitrogens with zero attached hydrogens (tertiary/aromatic N) is 1. The molecule has 2 heterocycles. The molecule has 6 rings (SSSR count). The summed E-state index contributed by atoms with van der Waals surface area (Å²) < 4.78 is 12.1. The molecule has 4 aromatic rings. The van der Waals surface area contributed by atoms with E-state index in [0.717, 1.165) is 0 Å². The van der Waals surface area contributed by atoms with Crippen molar-refractivity contribution in [3.05, 3.63) is 122 Å². The van der Waals surface area contributed by atoms with Crippen LogP contribution in [0.3, 0.4) is 0 Å². The van der Waals surface area contributed by atoms with Crippen LogP contribution in [0.1, 0.15) is 38.2 Å². The van der Waals surface area contributed by atoms with Gasteiger partial charge in [-0.1, -0.05) is 36.4 Å². The molecule has 173 valence electrons. The zero-order valence-corrected chi connectivity index (χ0v) is 21.1. The first-order valence-electron chi connectivity index (χ1n) is 10.8. The van der Waals surface area contributed by atoms with Gasteiger partial charge in [0.25, 0.3) is 5.69 Å². The molecule has 0 aromatic heterocycles. The van der Waals surface area contributed by atoms with Gasteiger partial charge in [-0.3, -0.25) is 10.1 Å². The van der Waals surface area contributed by atoms with Crippen LogP contribution in [0.15, 0.2) is 78.9 Å². The standard InChI is InChI=1S/C27H17NO7.Na/c29-17-8-10-19-23(13-17)34-24-14-18(30)9-11-20(24)27(19)21-6-3-5-16(25(21)26(31)35-27)12-15-4-1-2-7-22(15)28(32)33;/h1-11,13-14,29-30H,12H2;. The maximum absolute atomic E-state index is 13.4. The van der Waals surface area contributed by atoms with Gasteiger partial charge in [0, 0.05) is 76.4 Å². The zero-order chi connectivity index (χ0) is 24.3. The number of phenols is 2. The summed E-state index contributed by atoms with van der Waals surface area (Å²) in [5.74, 6) is -0.0655. The molecule has 8 nitrogen and oxygen atoms in total. The van der Waals surface area contributed by atoms with E-state index in [1.54, 1.807) is 48.5 Å². The molecule has 2 N–H and O–H groups in total. The van der Waals surface area contributed by atoms with E-state index < -0.39 is 16.5 Å². The Labute approximate surface area is 227 Å². The maximum Gasteiger partial charge on any atom is 0.340 e. The van der Waals surface area contributed by atoms with Gasteiger partial charge in [0.1, 0.15) is 23.0 Å². The van der Waals surface area contributed by atoms with Crippen molar-refractivity contribution >= 4 is 41.2 Å². The van der Waals surface area contributed by atoms with Crippen molar-refractivity contribution in [3.63, 3.8) is 0 Å². The van der Waals surface area contributed by atoms with E-state index in [0.29, 0.717) is 33.4 Å². The molecule has 36 heavy (non-hydrogen) atoms. The van der Waals surface area contributed by atoms with E-state index in [-0.39, 0.29) is 64.7 Å². The Kier molecular flexibility index (Phi) is 5.75. The summed E-state index contributed by atoms with van der Waals surface area (Å²) in [7, 11) is 0. The van der Waals surface area contributed by atoms with E-state index in [1.165, 1.54) is 30.3 Å². The summed E-state index contributed by atoms with van der Waals surface area (Å²) >= 11 is 0. The number of rotatable bonds is 3. The smallest absolute Gasteiger partial charge is 0.340 e. The van der Waals surface area contributed by atoms with Crippen LogP contribution in [0.2, 0.25) is 0 Å². The molecule has 1 spiro atoms. The van der Waals surface area contributed by atoms with Gasteiger partial charge >= 0.3 is 5.97 Å². The topological polar surface area (TPSA) is 119 Å². The number of carbonyl (C=O) groups excluding carboxylic acids is 1. The summed E-state index contributed by atoms with van der Waals surface area (Å²) in [6.07, 6.45) is 0.160. The summed E-state index contributed by atoms with van der Waals surface area (Å²) in [5, 5.41) is 31.7. The fraction of sp³-hybridized carbons (Fsp3) is 0.0741. The van der Waals surface area contributed by atoms with Crippen molar-refractivity contribution in [1.29, 1.82) is 0 Å². The summed E-state index contributed by atoms with van der Waals surface area (Å²) in [6, 6.07) is 20.8. The van der Waals surface area contributed by atoms with Crippen molar-refractivity contribution in [1.82, 2.24) is 0 Å². The zero-order valence-electron chi connectivity index (χ0n) is 19.1. The number of benzene rings is 4. The number of nitro groups is 1. The van der Waals surface area contributed by atoms with Gasteiger partial charge in [0.15, 0.2) is 5.60 Å². The predicted molar refractivity (Wildman–Crippen MR) is 130 cm³/mol. The van der Waals surface area contributed by atoms with Crippen LogP contribution in [-0.2, 0) is 16.8 Å². The number of hydrogen-bond donors (Lipinski definition) is 2. The van der Waals surface area contributed by atoms with Gasteiger partial charge in [-0.05, 0) is 29.8 Å². The van der Waals surface area contributed by atoms with Crippen LogP contribution in [-0.4, -0.2) is 50.7 Å². The van der Waals surface area contributed by atoms with Gasteiger partial charge < -0.3 is 19.7 Å². The summed E-state index contributed by atoms with van der Waals surface area (Å²) in [6.45, 7) is 0. The molecule has 2 aliphatic rings. The van der Waals surface area contributed by atoms with Gasteiger partial charge in [-0.25, -0.2) is 4.79 Å². The van der Waals surface area contributed by atoms with Crippen molar-refractivity contribution in [2.75, 3.05) is 0 Å². The van der Waals surface area contributed by atoms with Crippen LogP contribution in [0.4, 0.5) is 5.69 Å². The van der Waals surface area contributed by atoms with Crippen LogP contribution in [0.5, 0.6) is 23.0 Å². The van der Waals surface area contributed by atoms with Gasteiger partial charge in [0.2, 0.25) is 0 Å². The number of fused-ring (bicyclic) bond motifs is 6. The van der Waals surface area contributed by atoms with E-state index >= 15 is 0 Å². The number of carbonyl (C=O) groups is 1. The first kappa shape index (κ1) is 23.9. The van der Waals surface area contributed by atoms with Crippen molar-refractivity contribution in [2.45, 2.75) is 12.0 Å². The molecule has 0 unspecified atom stereocenters. The average Bonchev–Trinajstić information content (AvgIpc) is 3.12. The fourth-order valence-corrected chi connectivity index (χ4v) is 5.01. The molecule has 0 fully saturated rings. The van der Waals surface area contributed by atoms with Crippen molar-refractivity contribution in [3.8, 4) is 23.0 Å². The largest absolute Gasteiger partial charge is 0.508 e. The Morgan fingerprint density at radius 2 is 1.42 bits per heavy atom. The molecule has 2 aliphatic heterocycles. The quantitative estimate of drug-likeness (QED) is 0.184. The maximum atomic E-state index is 13.4. The Morgan fingerprint density at radius 1 is 0.806 bits per heavy atom. The van der Waals surface area contributed by atoms with Gasteiger partial charge in [-0.15, -0.1) is 0 Å². The third kappa shape index (κ3) is 3.45. The second-order valence-corrected chi connectivity index (χ2v) is 8.44. The first-order valence-corrected chi connectivity index (χ1v) is 10.8. The van der Waals surface area contributed by atoms with E-state index in [2.05, 4.69) is 0 Å². The molecular formula is C27H17NNaO7. The fourth-order valence-electron chi connectivity index (χ4n) is 5.01. The number of ether oxygens (including phenoxy) is 2. The Morgan fingerprint density at radius 3 is 2.06 bits per heavy atom. The second-order valence-electron chi connectivity index (χ2n) is 8.44. The molecule has 0 saturated heterocycles. The van der Waals surface area contributed by atoms with E-state index in [1.807, 2.05) is 0 Å². The van der Waals surface area contributed by atoms with Crippen molar-refractivity contribution in [2.24, 2.45) is 0 Å². The molecule has 0 atom stereocenters. The van der Waals surface area contributed by atoms with Crippen molar-refractivity contribution < 1.29 is 29.4 Å². The number of aromatic hydroxyl groups is 2. The number of para-hydroxylation sites is 1. The Hall–Kier alpha value is -3.85. The van der Waals surface area contributed by atoms with Crippen LogP contribution in [0, 0.1) is 10.1 Å². The molecule has 0 aliphatic carbocycles. The normalized spacial score (nSPS) is 14.1. The summed E-state index contributed by atoms with van der Waals surface area (Å²) in [4.78, 5) is 24.5. The average molecular weight is 490 g/mol. The van der Waals surface area contributed by atoms with Crippen LogP contribution >= 0.6 is 0 Å². The number of hydrogen-bond acceptors (Lipinski definition) is 7. The molecule has 0 amide bonds. The molecule has 4 aromatic carbocycles. The Balaban J connectivity index is 0.00000267. The number of nitro benzene ring substituents is 1. The third-order valence-electron chi connectivity index (χ3n) is 6.46. The second kappa shape index (κ2) is 8.67. The Bertz CT molecular complexity index is 1510. The predicted octanol–water partition coefficient (Wildman–Crippen LogP) is 4.78. The van der Waals surface area contributed by atoms with Gasteiger partial charge in [-0.2, -0.15) is 0 Å². The van der Waals surface area contributed by atoms with E-state index in [4.69, 9.17) is 9.47 Å². The van der Waals surface area contributed by atoms with Crippen LogP contribution in [0.25, 0.3) is 0 Å². The number of esters is 1. The third-order valence-corrected chi connectivity index (χ3v) is 6.46. The van der Waals surface area contributed by atoms with Crippen LogP contribution < -0.4 is 4.74 Å².